The second-order valence-electron chi connectivity index (χ2n) is 1.36. The number of hydrogen-bond acceptors (Lipinski definition) is 3. The molecule has 0 saturated heterocycles. The van der Waals surface area contributed by atoms with Crippen LogP contribution in [0.15, 0.2) is 24.0 Å². The fourth-order valence-electron chi connectivity index (χ4n) is 0.225. The lowest BCUT2D eigenvalue weighted by Crippen LogP contribution is -1.89. The molecule has 0 atom stereocenters. The van der Waals surface area contributed by atoms with Gasteiger partial charge in [0.05, 0.1) is 0 Å². The smallest absolute Gasteiger partial charge is 0.280 e. The third-order valence-corrected chi connectivity index (χ3v) is 0.703. The molecule has 0 amide bonds. The summed E-state index contributed by atoms with van der Waals surface area (Å²) in [6, 6.07) is 0. The Morgan fingerprint density at radius 3 is 1.67 bits per heavy atom. The summed E-state index contributed by atoms with van der Waals surface area (Å²) in [5, 5.41) is 17.2. The third-order valence-electron chi connectivity index (χ3n) is 0.703. The molecular weight excluding hydrogens is 120 g/mol. The van der Waals surface area contributed by atoms with Gasteiger partial charge in [0.1, 0.15) is 0 Å². The van der Waals surface area contributed by atoms with E-state index in [0.717, 1.165) is 0 Å². The maximum absolute atomic E-state index is 8.60. The number of allylic oxidation sites excluding steroid dienone is 2. The van der Waals surface area contributed by atoms with Gasteiger partial charge in [-0.2, -0.15) is 0 Å². The van der Waals surface area contributed by atoms with Crippen LogP contribution >= 0.6 is 0 Å². The van der Waals surface area contributed by atoms with Crippen LogP contribution in [0.3, 0.4) is 0 Å². The Morgan fingerprint density at radius 1 is 1.11 bits per heavy atom. The number of aliphatic hydroxyl groups is 2. The number of ether oxygens (including phenoxy) is 1. The van der Waals surface area contributed by atoms with Gasteiger partial charge >= 0.3 is 0 Å². The third kappa shape index (κ3) is 3.46. The molecule has 0 spiro atoms. The van der Waals surface area contributed by atoms with Crippen molar-refractivity contribution in [2.45, 2.75) is 13.8 Å². The maximum Gasteiger partial charge on any atom is 0.280 e. The van der Waals surface area contributed by atoms with Crippen LogP contribution < -0.4 is 0 Å². The Balaban J connectivity index is 3.75. The van der Waals surface area contributed by atoms with E-state index < -0.39 is 0 Å². The number of aliphatic hydroxyl groups excluding tert-OH is 2. The van der Waals surface area contributed by atoms with Gasteiger partial charge in [-0.1, -0.05) is 0 Å². The van der Waals surface area contributed by atoms with Crippen molar-refractivity contribution in [1.29, 1.82) is 0 Å². The molecule has 0 rings (SSSR count). The molecule has 9 heavy (non-hydrogen) atoms. The van der Waals surface area contributed by atoms with Crippen LogP contribution in [0.25, 0.3) is 0 Å². The normalized spacial score (nSPS) is 13.6. The van der Waals surface area contributed by atoms with E-state index in [9.17, 15) is 0 Å². The molecule has 2 N–H and O–H groups in total. The lowest BCUT2D eigenvalue weighted by Gasteiger charge is -1.98. The van der Waals surface area contributed by atoms with E-state index in [1.54, 1.807) is 13.8 Å². The van der Waals surface area contributed by atoms with Gasteiger partial charge in [-0.05, 0) is 26.0 Å². The SMILES string of the molecule is C/C=C(\O)O/C(O)=C/C. The highest BCUT2D eigenvalue weighted by molar-refractivity contribution is 4.85. The minimum atomic E-state index is -0.300. The molecule has 0 unspecified atom stereocenters. The van der Waals surface area contributed by atoms with Gasteiger partial charge in [-0.25, -0.2) is 0 Å². The topological polar surface area (TPSA) is 49.7 Å². The van der Waals surface area contributed by atoms with Gasteiger partial charge in [0, 0.05) is 0 Å². The molecule has 0 fully saturated rings. The predicted octanol–water partition coefficient (Wildman–Crippen LogP) is 1.84. The molecule has 0 heterocycles. The molecule has 3 nitrogen and oxygen atoms in total. The van der Waals surface area contributed by atoms with E-state index in [2.05, 4.69) is 4.74 Å². The van der Waals surface area contributed by atoms with Gasteiger partial charge in [-0.15, -0.1) is 0 Å². The number of hydrogen-bond donors (Lipinski definition) is 2. The summed E-state index contributed by atoms with van der Waals surface area (Å²) < 4.78 is 4.38. The van der Waals surface area contributed by atoms with Crippen LogP contribution in [0.1, 0.15) is 13.8 Å². The predicted molar refractivity (Wildman–Crippen MR) is 33.9 cm³/mol. The average Bonchev–Trinajstić information content (AvgIpc) is 1.87. The molecule has 0 bridgehead atoms. The molecule has 0 aliphatic heterocycles. The summed E-state index contributed by atoms with van der Waals surface area (Å²) in [6.45, 7) is 3.19. The molecule has 0 radical (unpaired) electrons. The van der Waals surface area contributed by atoms with Gasteiger partial charge < -0.3 is 14.9 Å². The Kier molecular flexibility index (Phi) is 3.35. The standard InChI is InChI=1S/C6H10O3/c1-3-5(7)9-6(8)4-2/h3-4,7-8H,1-2H3/b5-3+,6-4+. The highest BCUT2D eigenvalue weighted by atomic mass is 16.7. The van der Waals surface area contributed by atoms with E-state index >= 15 is 0 Å². The maximum atomic E-state index is 8.60. The van der Waals surface area contributed by atoms with Crippen molar-refractivity contribution in [3.05, 3.63) is 24.0 Å². The average molecular weight is 130 g/mol. The molecule has 52 valence electrons. The largest absolute Gasteiger partial charge is 0.481 e. The van der Waals surface area contributed by atoms with Crippen LogP contribution in [0, 0.1) is 0 Å². The van der Waals surface area contributed by atoms with Crippen molar-refractivity contribution < 1.29 is 14.9 Å². The van der Waals surface area contributed by atoms with Crippen LogP contribution in [-0.2, 0) is 4.74 Å². The van der Waals surface area contributed by atoms with E-state index in [-0.39, 0.29) is 11.9 Å². The summed E-state index contributed by atoms with van der Waals surface area (Å²) in [5.74, 6) is -0.601. The highest BCUT2D eigenvalue weighted by Gasteiger charge is 1.92. The van der Waals surface area contributed by atoms with E-state index in [1.807, 2.05) is 0 Å². The fraction of sp³-hybridized carbons (Fsp3) is 0.333. The fourth-order valence-corrected chi connectivity index (χ4v) is 0.225. The first kappa shape index (κ1) is 7.88. The first-order valence-corrected chi connectivity index (χ1v) is 2.59. The summed E-state index contributed by atoms with van der Waals surface area (Å²) in [6.07, 6.45) is 2.67. The first-order chi connectivity index (χ1) is 4.20. The molecule has 0 aromatic rings. The van der Waals surface area contributed by atoms with E-state index in [0.29, 0.717) is 0 Å². The summed E-state index contributed by atoms with van der Waals surface area (Å²) in [7, 11) is 0. The van der Waals surface area contributed by atoms with Gasteiger partial charge in [0.15, 0.2) is 0 Å². The Hall–Kier alpha value is -1.12. The van der Waals surface area contributed by atoms with Gasteiger partial charge in [0.2, 0.25) is 0 Å². The molecule has 3 heteroatoms. The van der Waals surface area contributed by atoms with E-state index in [4.69, 9.17) is 10.2 Å². The van der Waals surface area contributed by atoms with Crippen LogP contribution in [-0.4, -0.2) is 10.2 Å². The first-order valence-electron chi connectivity index (χ1n) is 2.59. The van der Waals surface area contributed by atoms with Crippen molar-refractivity contribution in [3.63, 3.8) is 0 Å². The lowest BCUT2D eigenvalue weighted by atomic mass is 10.7. The summed E-state index contributed by atoms with van der Waals surface area (Å²) >= 11 is 0. The molecule has 0 aliphatic carbocycles. The monoisotopic (exact) mass is 130 g/mol. The van der Waals surface area contributed by atoms with Crippen molar-refractivity contribution in [1.82, 2.24) is 0 Å². The van der Waals surface area contributed by atoms with Crippen molar-refractivity contribution in [2.24, 2.45) is 0 Å². The molecule has 0 aromatic heterocycles. The molecule has 0 aromatic carbocycles. The van der Waals surface area contributed by atoms with Crippen molar-refractivity contribution in [2.75, 3.05) is 0 Å². The quantitative estimate of drug-likeness (QED) is 0.561. The van der Waals surface area contributed by atoms with Crippen molar-refractivity contribution in [3.8, 4) is 0 Å². The van der Waals surface area contributed by atoms with Crippen molar-refractivity contribution >= 4 is 0 Å². The van der Waals surface area contributed by atoms with Gasteiger partial charge in [0.25, 0.3) is 11.9 Å². The second kappa shape index (κ2) is 3.83. The Morgan fingerprint density at radius 2 is 1.44 bits per heavy atom. The zero-order valence-electron chi connectivity index (χ0n) is 5.46. The van der Waals surface area contributed by atoms with E-state index in [1.165, 1.54) is 12.2 Å². The zero-order valence-corrected chi connectivity index (χ0v) is 5.46. The summed E-state index contributed by atoms with van der Waals surface area (Å²) in [5.41, 5.74) is 0. The lowest BCUT2D eigenvalue weighted by molar-refractivity contribution is 0.0674. The minimum Gasteiger partial charge on any atom is -0.481 e. The minimum absolute atomic E-state index is 0.300. The van der Waals surface area contributed by atoms with Crippen LogP contribution in [0.4, 0.5) is 0 Å². The molecular formula is C6H10O3. The molecule has 0 saturated carbocycles. The zero-order chi connectivity index (χ0) is 7.28. The van der Waals surface area contributed by atoms with Crippen LogP contribution in [0.5, 0.6) is 0 Å². The number of rotatable bonds is 2. The Labute approximate surface area is 53.9 Å². The van der Waals surface area contributed by atoms with Gasteiger partial charge in [-0.3, -0.25) is 0 Å². The van der Waals surface area contributed by atoms with Crippen LogP contribution in [0.2, 0.25) is 0 Å². The summed E-state index contributed by atoms with van der Waals surface area (Å²) in [4.78, 5) is 0. The molecule has 0 aliphatic rings. The second-order valence-corrected chi connectivity index (χ2v) is 1.36. The highest BCUT2D eigenvalue weighted by Crippen LogP contribution is 1.98. The Bertz CT molecular complexity index is 119.